The molecule has 1 aliphatic heterocycles. The van der Waals surface area contributed by atoms with Crippen LogP contribution in [0, 0.1) is 11.3 Å². The summed E-state index contributed by atoms with van der Waals surface area (Å²) in [6.45, 7) is 5.61. The Bertz CT molecular complexity index is 738. The van der Waals surface area contributed by atoms with Gasteiger partial charge in [-0.25, -0.2) is 0 Å². The number of ether oxygens (including phenoxy) is 2. The van der Waals surface area contributed by atoms with Crippen molar-refractivity contribution in [2.45, 2.75) is 38.6 Å². The minimum Gasteiger partial charge on any atom is -0.494 e. The first kappa shape index (κ1) is 22.3. The van der Waals surface area contributed by atoms with E-state index in [-0.39, 0.29) is 0 Å². The number of nitrogens with one attached hydrogen (secondary N) is 1. The summed E-state index contributed by atoms with van der Waals surface area (Å²) >= 11 is 0. The molecule has 1 fully saturated rings. The second-order valence-electron chi connectivity index (χ2n) is 8.04. The van der Waals surface area contributed by atoms with Crippen LogP contribution in [0.25, 0.3) is 0 Å². The average molecular weight is 410 g/mol. The number of likely N-dealkylation sites (tertiary alicyclic amines) is 1. The Morgan fingerprint density at radius 3 is 2.10 bits per heavy atom. The van der Waals surface area contributed by atoms with Gasteiger partial charge in [0, 0.05) is 19.3 Å². The maximum atomic E-state index is 7.23. The van der Waals surface area contributed by atoms with Gasteiger partial charge in [0.2, 0.25) is 0 Å². The first-order valence-electron chi connectivity index (χ1n) is 11.1. The molecule has 0 aromatic heterocycles. The second-order valence-corrected chi connectivity index (χ2v) is 8.04. The van der Waals surface area contributed by atoms with E-state index in [9.17, 15) is 0 Å². The van der Waals surface area contributed by atoms with E-state index in [1.807, 2.05) is 48.5 Å². The van der Waals surface area contributed by atoms with Gasteiger partial charge in [-0.2, -0.15) is 0 Å². The van der Waals surface area contributed by atoms with Crippen LogP contribution in [0.5, 0.6) is 11.5 Å². The molecule has 0 radical (unpaired) electrons. The molecule has 0 bridgehead atoms. The van der Waals surface area contributed by atoms with Crippen molar-refractivity contribution in [1.82, 2.24) is 4.90 Å². The molecule has 3 N–H and O–H groups in total. The van der Waals surface area contributed by atoms with Crippen LogP contribution in [0.1, 0.15) is 43.2 Å². The summed E-state index contributed by atoms with van der Waals surface area (Å²) in [6, 6.07) is 15.8. The van der Waals surface area contributed by atoms with E-state index in [4.69, 9.17) is 20.6 Å². The molecule has 162 valence electrons. The highest BCUT2D eigenvalue weighted by atomic mass is 16.5. The van der Waals surface area contributed by atoms with Gasteiger partial charge in [-0.05, 0) is 98.6 Å². The molecule has 0 atom stereocenters. The minimum atomic E-state index is 0.573. The molecule has 1 heterocycles. The summed E-state index contributed by atoms with van der Waals surface area (Å²) in [7, 11) is 0. The number of hydrogen-bond acceptors (Lipinski definition) is 5. The Labute approximate surface area is 180 Å². The number of piperidine rings is 1. The van der Waals surface area contributed by atoms with Crippen molar-refractivity contribution in [1.29, 1.82) is 5.41 Å². The summed E-state index contributed by atoms with van der Waals surface area (Å²) in [5.41, 5.74) is 7.66. The van der Waals surface area contributed by atoms with Gasteiger partial charge in [0.25, 0.3) is 0 Å². The normalized spacial score (nSPS) is 15.1. The van der Waals surface area contributed by atoms with Crippen LogP contribution in [-0.2, 0) is 6.54 Å². The second kappa shape index (κ2) is 12.4. The van der Waals surface area contributed by atoms with Gasteiger partial charge in [-0.1, -0.05) is 12.1 Å². The third kappa shape index (κ3) is 7.47. The van der Waals surface area contributed by atoms with Crippen LogP contribution in [0.4, 0.5) is 0 Å². The summed E-state index contributed by atoms with van der Waals surface area (Å²) in [5, 5.41) is 7.23. The Balaban J connectivity index is 1.21. The maximum absolute atomic E-state index is 7.23. The van der Waals surface area contributed by atoms with Crippen LogP contribution in [0.2, 0.25) is 0 Å². The zero-order chi connectivity index (χ0) is 21.0. The van der Waals surface area contributed by atoms with Gasteiger partial charge in [-0.15, -0.1) is 0 Å². The van der Waals surface area contributed by atoms with Crippen molar-refractivity contribution in [3.8, 4) is 11.5 Å². The van der Waals surface area contributed by atoms with E-state index in [2.05, 4.69) is 4.90 Å². The van der Waals surface area contributed by atoms with Crippen molar-refractivity contribution in [3.05, 3.63) is 59.7 Å². The predicted molar refractivity (Wildman–Crippen MR) is 123 cm³/mol. The third-order valence-electron chi connectivity index (χ3n) is 5.83. The standard InChI is InChI=1S/C25H35N3O2/c26-19-22-4-8-24(9-5-22)29-17-1-3-21-12-15-28(16-13-21)14-2-18-30-25-10-6-23(20-27)7-11-25/h4-11,19,21,26H,1-3,12-18,20,27H2. The first-order chi connectivity index (χ1) is 14.8. The lowest BCUT2D eigenvalue weighted by Crippen LogP contribution is -2.35. The van der Waals surface area contributed by atoms with Crippen molar-refractivity contribution >= 4 is 6.21 Å². The van der Waals surface area contributed by atoms with Gasteiger partial charge in [0.15, 0.2) is 0 Å². The Morgan fingerprint density at radius 1 is 0.900 bits per heavy atom. The molecule has 30 heavy (non-hydrogen) atoms. The molecule has 1 saturated heterocycles. The Kier molecular flexibility index (Phi) is 9.19. The molecule has 0 amide bonds. The number of rotatable bonds is 12. The smallest absolute Gasteiger partial charge is 0.119 e. The molecule has 0 spiro atoms. The van der Waals surface area contributed by atoms with Gasteiger partial charge in [0.1, 0.15) is 11.5 Å². The molecule has 5 heteroatoms. The quantitative estimate of drug-likeness (QED) is 0.400. The monoisotopic (exact) mass is 409 g/mol. The zero-order valence-corrected chi connectivity index (χ0v) is 17.9. The first-order valence-corrected chi connectivity index (χ1v) is 11.1. The lowest BCUT2D eigenvalue weighted by molar-refractivity contribution is 0.161. The van der Waals surface area contributed by atoms with Crippen LogP contribution < -0.4 is 15.2 Å². The van der Waals surface area contributed by atoms with Gasteiger partial charge < -0.3 is 25.5 Å². The number of benzene rings is 2. The Hall–Kier alpha value is -2.37. The zero-order valence-electron chi connectivity index (χ0n) is 17.9. The van der Waals surface area contributed by atoms with Gasteiger partial charge in [0.05, 0.1) is 13.2 Å². The molecule has 0 saturated carbocycles. The third-order valence-corrected chi connectivity index (χ3v) is 5.83. The highest BCUT2D eigenvalue weighted by molar-refractivity contribution is 5.76. The summed E-state index contributed by atoms with van der Waals surface area (Å²) in [6.07, 6.45) is 7.34. The number of hydrogen-bond donors (Lipinski definition) is 2. The lowest BCUT2D eigenvalue weighted by atomic mass is 9.92. The molecule has 0 aliphatic carbocycles. The van der Waals surface area contributed by atoms with E-state index in [1.54, 1.807) is 0 Å². The van der Waals surface area contributed by atoms with Gasteiger partial charge in [-0.3, -0.25) is 0 Å². The predicted octanol–water partition coefficient (Wildman–Crippen LogP) is 4.48. The van der Waals surface area contributed by atoms with E-state index in [1.165, 1.54) is 38.6 Å². The van der Waals surface area contributed by atoms with Crippen LogP contribution >= 0.6 is 0 Å². The highest BCUT2D eigenvalue weighted by Crippen LogP contribution is 2.22. The average Bonchev–Trinajstić information content (AvgIpc) is 2.81. The SMILES string of the molecule is N=Cc1ccc(OCCCC2CCN(CCCOc3ccc(CN)cc3)CC2)cc1. The molecule has 3 rings (SSSR count). The largest absolute Gasteiger partial charge is 0.494 e. The van der Waals surface area contributed by atoms with Crippen molar-refractivity contribution in [2.24, 2.45) is 11.7 Å². The fourth-order valence-corrected chi connectivity index (χ4v) is 3.92. The van der Waals surface area contributed by atoms with Crippen LogP contribution in [0.15, 0.2) is 48.5 Å². The molecular weight excluding hydrogens is 374 g/mol. The lowest BCUT2D eigenvalue weighted by Gasteiger charge is -2.32. The summed E-state index contributed by atoms with van der Waals surface area (Å²) in [5.74, 6) is 2.65. The van der Waals surface area contributed by atoms with E-state index in [0.29, 0.717) is 6.54 Å². The highest BCUT2D eigenvalue weighted by Gasteiger charge is 2.18. The maximum Gasteiger partial charge on any atom is 0.119 e. The van der Waals surface area contributed by atoms with E-state index < -0.39 is 0 Å². The number of nitrogens with zero attached hydrogens (tertiary/aromatic N) is 1. The fraction of sp³-hybridized carbons (Fsp3) is 0.480. The summed E-state index contributed by atoms with van der Waals surface area (Å²) < 4.78 is 11.7. The fourth-order valence-electron chi connectivity index (χ4n) is 3.92. The topological polar surface area (TPSA) is 71.6 Å². The van der Waals surface area contributed by atoms with Gasteiger partial charge >= 0.3 is 0 Å². The van der Waals surface area contributed by atoms with Crippen molar-refractivity contribution < 1.29 is 9.47 Å². The van der Waals surface area contributed by atoms with E-state index >= 15 is 0 Å². The molecule has 5 nitrogen and oxygen atoms in total. The van der Waals surface area contributed by atoms with Crippen molar-refractivity contribution in [2.75, 3.05) is 32.8 Å². The molecule has 2 aromatic rings. The Morgan fingerprint density at radius 2 is 1.50 bits per heavy atom. The minimum absolute atomic E-state index is 0.573. The van der Waals surface area contributed by atoms with Crippen LogP contribution in [-0.4, -0.2) is 44.0 Å². The van der Waals surface area contributed by atoms with E-state index in [0.717, 1.165) is 61.1 Å². The summed E-state index contributed by atoms with van der Waals surface area (Å²) in [4.78, 5) is 2.57. The molecule has 2 aromatic carbocycles. The number of nitrogens with two attached hydrogens (primary N) is 1. The molecule has 0 unspecified atom stereocenters. The molecule has 1 aliphatic rings. The van der Waals surface area contributed by atoms with Crippen molar-refractivity contribution in [3.63, 3.8) is 0 Å². The molecular formula is C25H35N3O2. The van der Waals surface area contributed by atoms with Crippen LogP contribution in [0.3, 0.4) is 0 Å².